The Kier molecular flexibility index (Phi) is 7.73. The average Bonchev–Trinajstić information content (AvgIpc) is 3.23. The lowest BCUT2D eigenvalue weighted by Crippen LogP contribution is -2.51. The third-order valence-electron chi connectivity index (χ3n) is 4.96. The van der Waals surface area contributed by atoms with E-state index in [1.54, 1.807) is 0 Å². The van der Waals surface area contributed by atoms with E-state index >= 15 is 0 Å². The van der Waals surface area contributed by atoms with Gasteiger partial charge in [0.05, 0.1) is 17.0 Å². The smallest absolute Gasteiger partial charge is 0.430 e. The van der Waals surface area contributed by atoms with Crippen molar-refractivity contribution in [1.29, 1.82) is 0 Å². The molecule has 2 aromatic carbocycles. The van der Waals surface area contributed by atoms with Crippen LogP contribution in [0.3, 0.4) is 0 Å². The molecule has 0 aromatic heterocycles. The van der Waals surface area contributed by atoms with Crippen LogP contribution in [0.4, 0.5) is 21.0 Å². The number of ketones is 1. The van der Waals surface area contributed by atoms with Gasteiger partial charge >= 0.3 is 18.2 Å². The zero-order chi connectivity index (χ0) is 26.4. The number of hydrazine groups is 1. The number of rotatable bonds is 7. The van der Waals surface area contributed by atoms with Gasteiger partial charge in [-0.2, -0.15) is 5.01 Å². The van der Waals surface area contributed by atoms with Crippen LogP contribution in [0.15, 0.2) is 48.5 Å². The summed E-state index contributed by atoms with van der Waals surface area (Å²) in [6, 6.07) is 8.40. The average molecular weight is 502 g/mol. The summed E-state index contributed by atoms with van der Waals surface area (Å²) < 4.78 is 14.8. The van der Waals surface area contributed by atoms with Gasteiger partial charge in [-0.25, -0.2) is 19.4 Å². The van der Waals surface area contributed by atoms with Crippen LogP contribution in [-0.4, -0.2) is 63.5 Å². The van der Waals surface area contributed by atoms with Gasteiger partial charge in [0, 0.05) is 24.3 Å². The van der Waals surface area contributed by atoms with E-state index < -0.39 is 46.4 Å². The first-order chi connectivity index (χ1) is 17.1. The number of benzene rings is 2. The molecule has 1 aliphatic heterocycles. The van der Waals surface area contributed by atoms with Crippen LogP contribution in [0.5, 0.6) is 0 Å². The van der Waals surface area contributed by atoms with Crippen LogP contribution < -0.4 is 0 Å². The molecule has 1 heterocycles. The summed E-state index contributed by atoms with van der Waals surface area (Å²) in [4.78, 5) is 70.3. The van der Waals surface area contributed by atoms with Gasteiger partial charge in [0.15, 0.2) is 5.78 Å². The molecule has 1 saturated heterocycles. The Hall–Kier alpha value is -5.08. The predicted molar refractivity (Wildman–Crippen MR) is 116 cm³/mol. The summed E-state index contributed by atoms with van der Waals surface area (Å²) in [5.41, 5.74) is 0.402. The second-order valence-electron chi connectivity index (χ2n) is 7.25. The number of carbonyl (C=O) groups excluding carboxylic acids is 4. The normalized spacial score (nSPS) is 14.8. The lowest BCUT2D eigenvalue weighted by molar-refractivity contribution is -0.385. The monoisotopic (exact) mass is 502 g/mol. The largest absolute Gasteiger partial charge is 0.467 e. The quantitative estimate of drug-likeness (QED) is 0.177. The molecule has 15 heteroatoms. The number of esters is 1. The topological polar surface area (TPSA) is 189 Å². The van der Waals surface area contributed by atoms with Crippen LogP contribution >= 0.6 is 0 Å². The number of hydrogen-bond donors (Lipinski definition) is 0. The van der Waals surface area contributed by atoms with Gasteiger partial charge in [-0.3, -0.25) is 25.0 Å². The molecular weight excluding hydrogens is 484 g/mol. The van der Waals surface area contributed by atoms with Crippen molar-refractivity contribution in [3.63, 3.8) is 0 Å². The molecular formula is C21H18N4O11. The first-order valence-corrected chi connectivity index (χ1v) is 10.1. The SMILES string of the molecule is COC(=O)C1C(=O)CN(C(=O)OCc2ccc([N+](=O)[O-])cc2)N1C(=O)OCc1ccc([N+](=O)[O-])cc1. The molecule has 0 radical (unpaired) electrons. The number of amides is 2. The van der Waals surface area contributed by atoms with Crippen LogP contribution in [0.1, 0.15) is 11.1 Å². The maximum absolute atomic E-state index is 12.8. The van der Waals surface area contributed by atoms with Crippen molar-refractivity contribution in [3.05, 3.63) is 79.9 Å². The summed E-state index contributed by atoms with van der Waals surface area (Å²) in [6.45, 7) is -1.43. The second-order valence-corrected chi connectivity index (χ2v) is 7.25. The highest BCUT2D eigenvalue weighted by Gasteiger charge is 2.50. The van der Waals surface area contributed by atoms with Crippen molar-refractivity contribution in [2.75, 3.05) is 13.7 Å². The van der Waals surface area contributed by atoms with Gasteiger partial charge in [0.1, 0.15) is 19.8 Å². The summed E-state index contributed by atoms with van der Waals surface area (Å²) in [6.07, 6.45) is -2.41. The summed E-state index contributed by atoms with van der Waals surface area (Å²) in [5, 5.41) is 22.6. The fraction of sp³-hybridized carbons (Fsp3) is 0.238. The minimum absolute atomic E-state index is 0.168. The molecule has 0 bridgehead atoms. The maximum atomic E-state index is 12.8. The van der Waals surface area contributed by atoms with E-state index in [4.69, 9.17) is 9.47 Å². The lowest BCUT2D eigenvalue weighted by Gasteiger charge is -2.28. The van der Waals surface area contributed by atoms with E-state index in [2.05, 4.69) is 4.74 Å². The van der Waals surface area contributed by atoms with Gasteiger partial charge in [0.25, 0.3) is 11.4 Å². The van der Waals surface area contributed by atoms with E-state index in [9.17, 15) is 39.4 Å². The van der Waals surface area contributed by atoms with Crippen molar-refractivity contribution in [2.24, 2.45) is 0 Å². The Morgan fingerprint density at radius 1 is 0.861 bits per heavy atom. The Morgan fingerprint density at radius 2 is 1.31 bits per heavy atom. The molecule has 1 fully saturated rings. The van der Waals surface area contributed by atoms with Gasteiger partial charge in [0.2, 0.25) is 6.04 Å². The molecule has 36 heavy (non-hydrogen) atoms. The predicted octanol–water partition coefficient (Wildman–Crippen LogP) is 2.12. The number of ether oxygens (including phenoxy) is 3. The molecule has 0 N–H and O–H groups in total. The standard InChI is InChI=1S/C21H18N4O11/c1-34-19(27)18-17(26)10-22(20(28)35-11-13-2-6-15(7-3-13)24(30)31)23(18)21(29)36-12-14-4-8-16(9-5-14)25(32)33/h2-9,18H,10-12H2,1H3. The van der Waals surface area contributed by atoms with Crippen LogP contribution in [0.25, 0.3) is 0 Å². The van der Waals surface area contributed by atoms with E-state index in [0.717, 1.165) is 7.11 Å². The van der Waals surface area contributed by atoms with Crippen molar-refractivity contribution in [1.82, 2.24) is 10.0 Å². The molecule has 0 spiro atoms. The summed E-state index contributed by atoms with van der Waals surface area (Å²) in [5.74, 6) is -1.95. The maximum Gasteiger partial charge on any atom is 0.430 e. The van der Waals surface area contributed by atoms with Crippen molar-refractivity contribution in [3.8, 4) is 0 Å². The zero-order valence-electron chi connectivity index (χ0n) is 18.6. The summed E-state index contributed by atoms with van der Waals surface area (Å²) in [7, 11) is 0.992. The molecule has 1 atom stereocenters. The third-order valence-corrected chi connectivity index (χ3v) is 4.96. The molecule has 15 nitrogen and oxygen atoms in total. The van der Waals surface area contributed by atoms with Gasteiger partial charge in [-0.05, 0) is 35.4 Å². The van der Waals surface area contributed by atoms with E-state index in [0.29, 0.717) is 21.1 Å². The molecule has 2 amide bonds. The minimum Gasteiger partial charge on any atom is -0.467 e. The van der Waals surface area contributed by atoms with Crippen LogP contribution in [-0.2, 0) is 37.0 Å². The Labute approximate surface area is 202 Å². The number of nitrogens with zero attached hydrogens (tertiary/aromatic N) is 4. The van der Waals surface area contributed by atoms with Crippen LogP contribution in [0.2, 0.25) is 0 Å². The number of carbonyl (C=O) groups is 4. The Morgan fingerprint density at radius 3 is 1.72 bits per heavy atom. The van der Waals surface area contributed by atoms with E-state index in [1.807, 2.05) is 0 Å². The van der Waals surface area contributed by atoms with Crippen molar-refractivity contribution < 1.29 is 43.2 Å². The molecule has 188 valence electrons. The van der Waals surface area contributed by atoms with Crippen molar-refractivity contribution in [2.45, 2.75) is 19.3 Å². The molecule has 0 aliphatic carbocycles. The minimum atomic E-state index is -1.80. The van der Waals surface area contributed by atoms with E-state index in [-0.39, 0.29) is 24.6 Å². The number of nitro benzene ring substituents is 2. The summed E-state index contributed by atoms with van der Waals surface area (Å²) >= 11 is 0. The molecule has 0 saturated carbocycles. The first-order valence-electron chi connectivity index (χ1n) is 10.1. The fourth-order valence-corrected chi connectivity index (χ4v) is 3.14. The highest BCUT2D eigenvalue weighted by Crippen LogP contribution is 2.22. The first kappa shape index (κ1) is 25.5. The van der Waals surface area contributed by atoms with Gasteiger partial charge in [-0.1, -0.05) is 0 Å². The second kappa shape index (κ2) is 10.9. The highest BCUT2D eigenvalue weighted by atomic mass is 16.6. The number of nitro groups is 2. The fourth-order valence-electron chi connectivity index (χ4n) is 3.14. The molecule has 3 rings (SSSR count). The zero-order valence-corrected chi connectivity index (χ0v) is 18.6. The molecule has 1 unspecified atom stereocenters. The third kappa shape index (κ3) is 5.69. The molecule has 1 aliphatic rings. The highest BCUT2D eigenvalue weighted by molar-refractivity contribution is 6.09. The number of hydrogen-bond acceptors (Lipinski definition) is 11. The number of methoxy groups -OCH3 is 1. The molecule has 2 aromatic rings. The number of non-ortho nitro benzene ring substituents is 2. The van der Waals surface area contributed by atoms with Crippen molar-refractivity contribution >= 4 is 35.3 Å². The van der Waals surface area contributed by atoms with E-state index in [1.165, 1.54) is 48.5 Å². The Balaban J connectivity index is 1.72. The van der Waals surface area contributed by atoms with Gasteiger partial charge in [-0.15, -0.1) is 0 Å². The van der Waals surface area contributed by atoms with Crippen LogP contribution in [0, 0.1) is 20.2 Å². The lowest BCUT2D eigenvalue weighted by atomic mass is 10.2. The Bertz CT molecular complexity index is 1200. The number of Topliss-reactive ketones (excluding diaryl/α,β-unsaturated/α-hetero) is 1. The van der Waals surface area contributed by atoms with Gasteiger partial charge < -0.3 is 14.2 Å².